The largest absolute Gasteiger partial charge is 0.491 e. The van der Waals surface area contributed by atoms with Crippen LogP contribution in [0.5, 0.6) is 5.75 Å². The van der Waals surface area contributed by atoms with Gasteiger partial charge in [0.2, 0.25) is 11.8 Å². The summed E-state index contributed by atoms with van der Waals surface area (Å²) in [5, 5.41) is 5.79. The topological polar surface area (TPSA) is 109 Å². The summed E-state index contributed by atoms with van der Waals surface area (Å²) in [5.41, 5.74) is 2.43. The van der Waals surface area contributed by atoms with E-state index in [0.29, 0.717) is 50.7 Å². The molecule has 4 rings (SSSR count). The molecule has 0 saturated carbocycles. The molecular formula is C25H36N4O6. The maximum atomic E-state index is 13.2. The summed E-state index contributed by atoms with van der Waals surface area (Å²) in [6, 6.07) is 3.18. The molecule has 0 spiro atoms. The van der Waals surface area contributed by atoms with E-state index < -0.39 is 11.9 Å². The van der Waals surface area contributed by atoms with Crippen LogP contribution in [0.4, 0.5) is 0 Å². The molecule has 192 valence electrons. The Labute approximate surface area is 206 Å². The molecule has 3 heterocycles. The van der Waals surface area contributed by atoms with Gasteiger partial charge in [0.25, 0.3) is 5.91 Å². The Hall–Kier alpha value is -2.53. The number of fused-ring (bicyclic) bond motifs is 1. The highest BCUT2D eigenvalue weighted by Crippen LogP contribution is 2.36. The van der Waals surface area contributed by atoms with Crippen molar-refractivity contribution >= 4 is 17.7 Å². The molecule has 3 aliphatic rings. The van der Waals surface area contributed by atoms with Gasteiger partial charge in [-0.15, -0.1) is 0 Å². The second kappa shape index (κ2) is 12.4. The van der Waals surface area contributed by atoms with Gasteiger partial charge in [-0.3, -0.25) is 19.7 Å². The second-order valence-corrected chi connectivity index (χ2v) is 9.13. The van der Waals surface area contributed by atoms with Gasteiger partial charge in [-0.2, -0.15) is 0 Å². The number of ether oxygens (including phenoxy) is 3. The molecule has 0 radical (unpaired) electrons. The molecule has 3 amide bonds. The Kier molecular flexibility index (Phi) is 9.08. The van der Waals surface area contributed by atoms with Crippen molar-refractivity contribution in [2.24, 2.45) is 0 Å². The van der Waals surface area contributed by atoms with Crippen LogP contribution in [0.2, 0.25) is 0 Å². The molecule has 2 saturated heterocycles. The minimum absolute atomic E-state index is 0.194. The van der Waals surface area contributed by atoms with E-state index in [1.165, 1.54) is 0 Å². The summed E-state index contributed by atoms with van der Waals surface area (Å²) in [7, 11) is 1.63. The number of rotatable bonds is 11. The van der Waals surface area contributed by atoms with Crippen LogP contribution in [-0.4, -0.2) is 99.8 Å². The van der Waals surface area contributed by atoms with Crippen molar-refractivity contribution < 1.29 is 28.6 Å². The molecule has 2 N–H and O–H groups in total. The zero-order chi connectivity index (χ0) is 24.6. The van der Waals surface area contributed by atoms with Crippen LogP contribution in [-0.2, 0) is 32.0 Å². The summed E-state index contributed by atoms with van der Waals surface area (Å²) in [5.74, 6) is -0.180. The molecule has 1 atom stereocenters. The van der Waals surface area contributed by atoms with Gasteiger partial charge in [-0.25, -0.2) is 0 Å². The summed E-state index contributed by atoms with van der Waals surface area (Å²) < 4.78 is 16.8. The molecule has 10 heteroatoms. The molecular weight excluding hydrogens is 452 g/mol. The Morgan fingerprint density at radius 1 is 1.06 bits per heavy atom. The maximum Gasteiger partial charge on any atom is 0.255 e. The van der Waals surface area contributed by atoms with Crippen LogP contribution in [0.1, 0.15) is 40.7 Å². The lowest BCUT2D eigenvalue weighted by molar-refractivity contribution is -0.136. The Morgan fingerprint density at radius 2 is 1.91 bits per heavy atom. The van der Waals surface area contributed by atoms with Crippen LogP contribution in [0.25, 0.3) is 0 Å². The molecule has 0 unspecified atom stereocenters. The minimum Gasteiger partial charge on any atom is -0.491 e. The summed E-state index contributed by atoms with van der Waals surface area (Å²) >= 11 is 0. The molecule has 0 aromatic heterocycles. The van der Waals surface area contributed by atoms with E-state index in [1.54, 1.807) is 12.0 Å². The normalized spacial score (nSPS) is 21.1. The van der Waals surface area contributed by atoms with E-state index in [1.807, 2.05) is 12.1 Å². The fraction of sp³-hybridized carbons (Fsp3) is 0.640. The smallest absolute Gasteiger partial charge is 0.255 e. The van der Waals surface area contributed by atoms with Gasteiger partial charge in [0.1, 0.15) is 18.4 Å². The van der Waals surface area contributed by atoms with Crippen molar-refractivity contribution in [1.82, 2.24) is 20.4 Å². The predicted molar refractivity (Wildman–Crippen MR) is 128 cm³/mol. The molecule has 2 fully saturated rings. The van der Waals surface area contributed by atoms with Crippen LogP contribution in [0.3, 0.4) is 0 Å². The maximum absolute atomic E-state index is 13.2. The quantitative estimate of drug-likeness (QED) is 0.339. The molecule has 35 heavy (non-hydrogen) atoms. The van der Waals surface area contributed by atoms with Gasteiger partial charge < -0.3 is 29.3 Å². The molecule has 0 bridgehead atoms. The lowest BCUT2D eigenvalue weighted by Crippen LogP contribution is -2.52. The Morgan fingerprint density at radius 3 is 2.74 bits per heavy atom. The third-order valence-corrected chi connectivity index (χ3v) is 6.78. The molecule has 0 aliphatic carbocycles. The van der Waals surface area contributed by atoms with E-state index in [0.717, 1.165) is 56.7 Å². The minimum atomic E-state index is -0.647. The highest BCUT2D eigenvalue weighted by Gasteiger charge is 2.40. The number of nitrogens with one attached hydrogen (secondary N) is 2. The van der Waals surface area contributed by atoms with Crippen molar-refractivity contribution in [3.05, 3.63) is 28.8 Å². The van der Waals surface area contributed by atoms with Crippen LogP contribution in [0.15, 0.2) is 12.1 Å². The molecule has 1 aromatic rings. The average Bonchev–Trinajstić information content (AvgIpc) is 3.00. The predicted octanol–water partition coefficient (Wildman–Crippen LogP) is 0.327. The number of hydrogen-bond acceptors (Lipinski definition) is 8. The summed E-state index contributed by atoms with van der Waals surface area (Å²) in [6.45, 7) is 7.08. The van der Waals surface area contributed by atoms with E-state index >= 15 is 0 Å². The van der Waals surface area contributed by atoms with Gasteiger partial charge in [0, 0.05) is 44.3 Å². The van der Waals surface area contributed by atoms with E-state index in [9.17, 15) is 14.4 Å². The molecule has 1 aromatic carbocycles. The summed E-state index contributed by atoms with van der Waals surface area (Å²) in [4.78, 5) is 41.3. The van der Waals surface area contributed by atoms with Crippen molar-refractivity contribution in [2.45, 2.75) is 38.3 Å². The summed E-state index contributed by atoms with van der Waals surface area (Å²) in [6.07, 6.45) is 2.50. The number of methoxy groups -OCH3 is 1. The van der Waals surface area contributed by atoms with Gasteiger partial charge in [-0.1, -0.05) is 6.07 Å². The monoisotopic (exact) mass is 488 g/mol. The number of amides is 3. The number of imide groups is 1. The van der Waals surface area contributed by atoms with Gasteiger partial charge in [-0.05, 0) is 44.0 Å². The number of piperidine rings is 1. The fourth-order valence-corrected chi connectivity index (χ4v) is 4.89. The van der Waals surface area contributed by atoms with Crippen molar-refractivity contribution in [3.63, 3.8) is 0 Å². The van der Waals surface area contributed by atoms with E-state index in [2.05, 4.69) is 15.5 Å². The van der Waals surface area contributed by atoms with Gasteiger partial charge >= 0.3 is 0 Å². The van der Waals surface area contributed by atoms with Gasteiger partial charge in [0.15, 0.2) is 0 Å². The number of nitrogens with zero attached hydrogens (tertiary/aromatic N) is 2. The van der Waals surface area contributed by atoms with Crippen molar-refractivity contribution in [2.75, 3.05) is 66.3 Å². The number of hydrogen-bond donors (Lipinski definition) is 2. The fourth-order valence-electron chi connectivity index (χ4n) is 4.89. The van der Waals surface area contributed by atoms with Crippen LogP contribution in [0, 0.1) is 0 Å². The first kappa shape index (κ1) is 25.6. The van der Waals surface area contributed by atoms with Crippen molar-refractivity contribution in [1.29, 1.82) is 0 Å². The SMILES string of the molecule is COCCOCCOc1c(CCN2CCCNCC2)ccc2c1CN([C@H]1CCC(=O)NC1=O)C2=O. The highest BCUT2D eigenvalue weighted by molar-refractivity contribution is 6.05. The lowest BCUT2D eigenvalue weighted by atomic mass is 10.0. The van der Waals surface area contributed by atoms with Crippen molar-refractivity contribution in [3.8, 4) is 5.75 Å². The third-order valence-electron chi connectivity index (χ3n) is 6.78. The standard InChI is InChI=1S/C25H36N4O6/c1-33-13-14-34-15-16-35-23-18(7-11-28-10-2-8-26-9-12-28)3-4-19-20(23)17-29(25(19)32)21-5-6-22(30)27-24(21)31/h3-4,21,26H,2,5-17H2,1H3,(H,27,30,31)/t21-/m0/s1. The number of carbonyl (C=O) groups excluding carboxylic acids is 3. The Balaban J connectivity index is 1.50. The zero-order valence-corrected chi connectivity index (χ0v) is 20.5. The van der Waals surface area contributed by atoms with Crippen LogP contribution >= 0.6 is 0 Å². The number of benzene rings is 1. The number of carbonyl (C=O) groups is 3. The average molecular weight is 489 g/mol. The first-order valence-corrected chi connectivity index (χ1v) is 12.5. The second-order valence-electron chi connectivity index (χ2n) is 9.13. The van der Waals surface area contributed by atoms with Crippen LogP contribution < -0.4 is 15.4 Å². The highest BCUT2D eigenvalue weighted by atomic mass is 16.5. The lowest BCUT2D eigenvalue weighted by Gasteiger charge is -2.29. The van der Waals surface area contributed by atoms with Gasteiger partial charge in [0.05, 0.1) is 26.4 Å². The first-order valence-electron chi connectivity index (χ1n) is 12.5. The Bertz CT molecular complexity index is 915. The van der Waals surface area contributed by atoms with E-state index in [4.69, 9.17) is 14.2 Å². The third kappa shape index (κ3) is 6.38. The first-order chi connectivity index (χ1) is 17.1. The van der Waals surface area contributed by atoms with E-state index in [-0.39, 0.29) is 18.2 Å². The molecule has 3 aliphatic heterocycles. The molecule has 10 nitrogen and oxygen atoms in total. The zero-order valence-electron chi connectivity index (χ0n) is 20.5.